The molecule has 0 radical (unpaired) electrons. The molecular formula is C14H20N2O3. The molecule has 1 heterocycles. The zero-order valence-electron chi connectivity index (χ0n) is 11.5. The van der Waals surface area contributed by atoms with E-state index < -0.39 is 0 Å². The van der Waals surface area contributed by atoms with Gasteiger partial charge in [-0.15, -0.1) is 0 Å². The summed E-state index contributed by atoms with van der Waals surface area (Å²) >= 11 is 0. The second-order valence-electron chi connectivity index (χ2n) is 4.32. The molecule has 1 aromatic carbocycles. The first-order chi connectivity index (χ1) is 9.26. The van der Waals surface area contributed by atoms with Crippen molar-refractivity contribution in [1.29, 1.82) is 0 Å². The number of carbonyl (C=O) groups excluding carboxylic acids is 1. The third-order valence-corrected chi connectivity index (χ3v) is 3.21. The van der Waals surface area contributed by atoms with Crippen molar-refractivity contribution in [2.75, 3.05) is 45.0 Å². The van der Waals surface area contributed by atoms with E-state index in [0.717, 1.165) is 38.5 Å². The van der Waals surface area contributed by atoms with Crippen LogP contribution in [0.2, 0.25) is 0 Å². The third kappa shape index (κ3) is 3.24. The molecule has 1 fully saturated rings. The fourth-order valence-electron chi connectivity index (χ4n) is 2.23. The summed E-state index contributed by atoms with van der Waals surface area (Å²) in [5, 5.41) is 4.49. The minimum atomic E-state index is -0.305. The maximum atomic E-state index is 11.4. The highest BCUT2D eigenvalue weighted by Gasteiger charge is 2.18. The summed E-state index contributed by atoms with van der Waals surface area (Å²) in [5.74, 6) is -0.305. The van der Waals surface area contributed by atoms with Gasteiger partial charge in [-0.2, -0.15) is 0 Å². The van der Waals surface area contributed by atoms with Crippen LogP contribution in [0, 0.1) is 0 Å². The number of hydrogen-bond acceptors (Lipinski definition) is 5. The number of nitrogens with zero attached hydrogens (tertiary/aromatic N) is 2. The first-order valence-corrected chi connectivity index (χ1v) is 6.54. The lowest BCUT2D eigenvalue weighted by Crippen LogP contribution is -2.49. The van der Waals surface area contributed by atoms with Crippen molar-refractivity contribution in [1.82, 2.24) is 5.01 Å². The van der Waals surface area contributed by atoms with E-state index in [0.29, 0.717) is 5.56 Å². The van der Waals surface area contributed by atoms with Crippen LogP contribution < -0.4 is 5.01 Å². The standard InChI is InChI=1S/C14H20N2O3/c1-3-16(15-8-10-19-11-9-15)13-6-4-12(5-7-13)14(17)18-2/h4-7H,3,8-11H2,1-2H3. The van der Waals surface area contributed by atoms with Crippen LogP contribution >= 0.6 is 0 Å². The Balaban J connectivity index is 2.12. The summed E-state index contributed by atoms with van der Waals surface area (Å²) in [7, 11) is 1.39. The molecule has 0 atom stereocenters. The van der Waals surface area contributed by atoms with E-state index in [1.165, 1.54) is 7.11 Å². The molecule has 1 aliphatic heterocycles. The van der Waals surface area contributed by atoms with Crippen molar-refractivity contribution in [2.45, 2.75) is 6.92 Å². The van der Waals surface area contributed by atoms with Crippen molar-refractivity contribution < 1.29 is 14.3 Å². The summed E-state index contributed by atoms with van der Waals surface area (Å²) in [6, 6.07) is 7.49. The van der Waals surface area contributed by atoms with Gasteiger partial charge in [0, 0.05) is 19.6 Å². The number of benzene rings is 1. The van der Waals surface area contributed by atoms with Crippen molar-refractivity contribution >= 4 is 11.7 Å². The Morgan fingerprint density at radius 3 is 2.47 bits per heavy atom. The molecule has 0 saturated carbocycles. The first kappa shape index (κ1) is 13.8. The van der Waals surface area contributed by atoms with Crippen LogP contribution in [0.3, 0.4) is 0 Å². The molecule has 0 aliphatic carbocycles. The summed E-state index contributed by atoms with van der Waals surface area (Å²) < 4.78 is 10.1. The van der Waals surface area contributed by atoms with Gasteiger partial charge in [-0.05, 0) is 31.2 Å². The Labute approximate surface area is 113 Å². The average molecular weight is 264 g/mol. The lowest BCUT2D eigenvalue weighted by molar-refractivity contribution is 0.0322. The van der Waals surface area contributed by atoms with Crippen LogP contribution in [-0.4, -0.2) is 50.9 Å². The molecule has 0 N–H and O–H groups in total. The van der Waals surface area contributed by atoms with Gasteiger partial charge in [0.15, 0.2) is 0 Å². The SMILES string of the molecule is CCN(c1ccc(C(=O)OC)cc1)N1CCOCC1. The van der Waals surface area contributed by atoms with Crippen LogP contribution in [0.4, 0.5) is 5.69 Å². The van der Waals surface area contributed by atoms with Gasteiger partial charge < -0.3 is 14.5 Å². The van der Waals surface area contributed by atoms with E-state index in [-0.39, 0.29) is 5.97 Å². The second kappa shape index (κ2) is 6.54. The van der Waals surface area contributed by atoms with Gasteiger partial charge in [0.1, 0.15) is 0 Å². The Kier molecular flexibility index (Phi) is 4.76. The predicted molar refractivity (Wildman–Crippen MR) is 73.2 cm³/mol. The molecule has 1 aliphatic rings. The molecule has 0 aromatic heterocycles. The summed E-state index contributed by atoms with van der Waals surface area (Å²) in [4.78, 5) is 11.4. The van der Waals surface area contributed by atoms with Crippen LogP contribution in [-0.2, 0) is 9.47 Å². The summed E-state index contributed by atoms with van der Waals surface area (Å²) in [5.41, 5.74) is 1.65. The minimum Gasteiger partial charge on any atom is -0.465 e. The molecule has 2 rings (SSSR count). The van der Waals surface area contributed by atoms with E-state index in [4.69, 9.17) is 9.47 Å². The van der Waals surface area contributed by atoms with E-state index in [2.05, 4.69) is 16.9 Å². The highest BCUT2D eigenvalue weighted by atomic mass is 16.5. The van der Waals surface area contributed by atoms with E-state index in [1.54, 1.807) is 12.1 Å². The topological polar surface area (TPSA) is 42.0 Å². The number of carbonyl (C=O) groups is 1. The smallest absolute Gasteiger partial charge is 0.337 e. The molecule has 0 bridgehead atoms. The summed E-state index contributed by atoms with van der Waals surface area (Å²) in [6.45, 7) is 6.31. The number of methoxy groups -OCH3 is 1. The fourth-order valence-corrected chi connectivity index (χ4v) is 2.23. The highest BCUT2D eigenvalue weighted by Crippen LogP contribution is 2.18. The minimum absolute atomic E-state index is 0.305. The van der Waals surface area contributed by atoms with E-state index in [1.807, 2.05) is 12.1 Å². The predicted octanol–water partition coefficient (Wildman–Crippen LogP) is 1.55. The Bertz CT molecular complexity index is 413. The van der Waals surface area contributed by atoms with Gasteiger partial charge in [-0.3, -0.25) is 0 Å². The quantitative estimate of drug-likeness (QED) is 0.772. The Morgan fingerprint density at radius 1 is 1.32 bits per heavy atom. The average Bonchev–Trinajstić information content (AvgIpc) is 2.49. The number of rotatable bonds is 4. The molecule has 0 amide bonds. The highest BCUT2D eigenvalue weighted by molar-refractivity contribution is 5.89. The summed E-state index contributed by atoms with van der Waals surface area (Å²) in [6.07, 6.45) is 0. The zero-order chi connectivity index (χ0) is 13.7. The van der Waals surface area contributed by atoms with Gasteiger partial charge in [0.05, 0.1) is 31.6 Å². The van der Waals surface area contributed by atoms with Gasteiger partial charge >= 0.3 is 5.97 Å². The van der Waals surface area contributed by atoms with Crippen molar-refractivity contribution in [3.05, 3.63) is 29.8 Å². The third-order valence-electron chi connectivity index (χ3n) is 3.21. The molecule has 5 heteroatoms. The largest absolute Gasteiger partial charge is 0.465 e. The van der Waals surface area contributed by atoms with Crippen LogP contribution in [0.15, 0.2) is 24.3 Å². The van der Waals surface area contributed by atoms with E-state index >= 15 is 0 Å². The molecule has 1 saturated heterocycles. The van der Waals surface area contributed by atoms with Crippen LogP contribution in [0.1, 0.15) is 17.3 Å². The maximum Gasteiger partial charge on any atom is 0.337 e. The number of hydrazine groups is 1. The van der Waals surface area contributed by atoms with Crippen LogP contribution in [0.25, 0.3) is 0 Å². The van der Waals surface area contributed by atoms with Crippen molar-refractivity contribution in [2.24, 2.45) is 0 Å². The monoisotopic (exact) mass is 264 g/mol. The van der Waals surface area contributed by atoms with Gasteiger partial charge in [0.2, 0.25) is 0 Å². The van der Waals surface area contributed by atoms with Gasteiger partial charge in [-0.25, -0.2) is 9.80 Å². The lowest BCUT2D eigenvalue weighted by atomic mass is 10.2. The lowest BCUT2D eigenvalue weighted by Gasteiger charge is -2.38. The molecule has 1 aromatic rings. The number of esters is 1. The molecule has 5 nitrogen and oxygen atoms in total. The molecule has 104 valence electrons. The number of morpholine rings is 1. The first-order valence-electron chi connectivity index (χ1n) is 6.54. The second-order valence-corrected chi connectivity index (χ2v) is 4.32. The number of hydrogen-bond donors (Lipinski definition) is 0. The molecule has 0 spiro atoms. The normalized spacial score (nSPS) is 16.1. The molecular weight excluding hydrogens is 244 g/mol. The Hall–Kier alpha value is -1.59. The zero-order valence-corrected chi connectivity index (χ0v) is 11.5. The van der Waals surface area contributed by atoms with Crippen molar-refractivity contribution in [3.63, 3.8) is 0 Å². The number of anilines is 1. The molecule has 19 heavy (non-hydrogen) atoms. The van der Waals surface area contributed by atoms with Crippen molar-refractivity contribution in [3.8, 4) is 0 Å². The van der Waals surface area contributed by atoms with Gasteiger partial charge in [-0.1, -0.05) is 0 Å². The number of ether oxygens (including phenoxy) is 2. The fraction of sp³-hybridized carbons (Fsp3) is 0.500. The van der Waals surface area contributed by atoms with E-state index in [9.17, 15) is 4.79 Å². The maximum absolute atomic E-state index is 11.4. The molecule has 0 unspecified atom stereocenters. The Morgan fingerprint density at radius 2 is 1.95 bits per heavy atom. The van der Waals surface area contributed by atoms with Gasteiger partial charge in [0.25, 0.3) is 0 Å². The van der Waals surface area contributed by atoms with Crippen LogP contribution in [0.5, 0.6) is 0 Å².